The van der Waals surface area contributed by atoms with E-state index in [1.54, 1.807) is 0 Å². The zero-order valence-electron chi connectivity index (χ0n) is 10.8. The summed E-state index contributed by atoms with van der Waals surface area (Å²) >= 11 is 0. The predicted molar refractivity (Wildman–Crippen MR) is 70.0 cm³/mol. The normalized spacial score (nSPS) is 22.1. The van der Waals surface area contributed by atoms with E-state index in [1.807, 2.05) is 0 Å². The smallest absolute Gasteiger partial charge is 0.363 e. The molecular formula is C11H13N3O6S. The molecule has 0 amide bonds. The van der Waals surface area contributed by atoms with Crippen LogP contribution in [0.1, 0.15) is 19.3 Å². The van der Waals surface area contributed by atoms with Gasteiger partial charge in [0.1, 0.15) is 4.90 Å². The molecule has 2 rings (SSSR count). The maximum Gasteiger partial charge on any atom is 0.363 e. The summed E-state index contributed by atoms with van der Waals surface area (Å²) in [4.78, 5) is 23.8. The van der Waals surface area contributed by atoms with Gasteiger partial charge in [-0.15, -0.1) is 0 Å². The molecule has 0 spiro atoms. The second-order valence-electron chi connectivity index (χ2n) is 4.78. The summed E-state index contributed by atoms with van der Waals surface area (Å²) in [5.74, 6) is -1.93. The summed E-state index contributed by atoms with van der Waals surface area (Å²) in [7, 11) is -3.86. The SMILES string of the molecule is O=C(O)[C@@H]1CC[C@H](NS(=O)(=O)c2ccc([N+](=O)[O-])nc2)C1. The lowest BCUT2D eigenvalue weighted by atomic mass is 10.1. The Balaban J connectivity index is 2.08. The van der Waals surface area contributed by atoms with Crippen molar-refractivity contribution in [2.24, 2.45) is 5.92 Å². The van der Waals surface area contributed by atoms with E-state index in [0.29, 0.717) is 12.8 Å². The lowest BCUT2D eigenvalue weighted by molar-refractivity contribution is -0.389. The van der Waals surface area contributed by atoms with Crippen LogP contribution in [0.3, 0.4) is 0 Å². The van der Waals surface area contributed by atoms with E-state index < -0.39 is 38.7 Å². The van der Waals surface area contributed by atoms with E-state index in [0.717, 1.165) is 18.3 Å². The van der Waals surface area contributed by atoms with Crippen LogP contribution in [0.25, 0.3) is 0 Å². The average Bonchev–Trinajstić information content (AvgIpc) is 2.87. The second kappa shape index (κ2) is 5.74. The van der Waals surface area contributed by atoms with Crippen LogP contribution in [-0.4, -0.2) is 35.4 Å². The number of aliphatic carboxylic acids is 1. The Morgan fingerprint density at radius 3 is 2.62 bits per heavy atom. The van der Waals surface area contributed by atoms with Gasteiger partial charge >= 0.3 is 11.8 Å². The molecule has 0 aromatic carbocycles. The molecule has 2 atom stereocenters. The third-order valence-corrected chi connectivity index (χ3v) is 4.83. The number of carboxylic acids is 1. The summed E-state index contributed by atoms with van der Waals surface area (Å²) in [5, 5.41) is 19.3. The van der Waals surface area contributed by atoms with Gasteiger partial charge in [-0.3, -0.25) is 4.79 Å². The fourth-order valence-electron chi connectivity index (χ4n) is 2.24. The van der Waals surface area contributed by atoms with Crippen molar-refractivity contribution in [3.05, 3.63) is 28.4 Å². The second-order valence-corrected chi connectivity index (χ2v) is 6.49. The van der Waals surface area contributed by atoms with Gasteiger partial charge in [-0.1, -0.05) is 0 Å². The van der Waals surface area contributed by atoms with E-state index in [-0.39, 0.29) is 11.3 Å². The summed E-state index contributed by atoms with van der Waals surface area (Å²) in [6.07, 6.45) is 2.00. The molecule has 2 N–H and O–H groups in total. The maximum atomic E-state index is 12.1. The lowest BCUT2D eigenvalue weighted by Crippen LogP contribution is -2.33. The monoisotopic (exact) mass is 315 g/mol. The first-order chi connectivity index (χ1) is 9.79. The Morgan fingerprint density at radius 2 is 2.14 bits per heavy atom. The van der Waals surface area contributed by atoms with Crippen LogP contribution in [0.2, 0.25) is 0 Å². The zero-order chi connectivity index (χ0) is 15.6. The molecule has 1 saturated carbocycles. The third kappa shape index (κ3) is 3.52. The molecule has 1 aromatic rings. The van der Waals surface area contributed by atoms with Crippen molar-refractivity contribution in [3.8, 4) is 0 Å². The Morgan fingerprint density at radius 1 is 1.43 bits per heavy atom. The predicted octanol–water partition coefficient (Wildman–Crippen LogP) is 0.521. The molecule has 1 aliphatic carbocycles. The molecule has 1 aliphatic rings. The fourth-order valence-corrected chi connectivity index (χ4v) is 3.47. The van der Waals surface area contributed by atoms with Gasteiger partial charge in [0.15, 0.2) is 6.20 Å². The minimum absolute atomic E-state index is 0.188. The van der Waals surface area contributed by atoms with E-state index in [2.05, 4.69) is 9.71 Å². The number of hydrogen-bond donors (Lipinski definition) is 2. The van der Waals surface area contributed by atoms with Crippen molar-refractivity contribution in [3.63, 3.8) is 0 Å². The molecule has 0 bridgehead atoms. The standard InChI is InChI=1S/C11H13N3O6S/c15-11(16)7-1-2-8(5-7)13-21(19,20)9-3-4-10(12-6-9)14(17)18/h3-4,6-8,13H,1-2,5H2,(H,15,16)/t7-,8+/m1/s1. The average molecular weight is 315 g/mol. The molecule has 0 aliphatic heterocycles. The number of nitro groups is 1. The number of rotatable bonds is 5. The zero-order valence-corrected chi connectivity index (χ0v) is 11.6. The van der Waals surface area contributed by atoms with Crippen LogP contribution in [0.15, 0.2) is 23.2 Å². The fraction of sp³-hybridized carbons (Fsp3) is 0.455. The number of carbonyl (C=O) groups is 1. The number of carboxylic acid groups (broad SMARTS) is 1. The van der Waals surface area contributed by atoms with E-state index in [9.17, 15) is 23.3 Å². The van der Waals surface area contributed by atoms with Crippen molar-refractivity contribution in [2.75, 3.05) is 0 Å². The van der Waals surface area contributed by atoms with Gasteiger partial charge in [-0.25, -0.2) is 13.1 Å². The Labute approximate surface area is 120 Å². The van der Waals surface area contributed by atoms with Crippen LogP contribution in [0.4, 0.5) is 5.82 Å². The molecule has 0 unspecified atom stereocenters. The van der Waals surface area contributed by atoms with Crippen LogP contribution in [0, 0.1) is 16.0 Å². The molecule has 0 saturated heterocycles. The summed E-state index contributed by atoms with van der Waals surface area (Å²) in [5.41, 5.74) is 0. The van der Waals surface area contributed by atoms with Gasteiger partial charge in [0.05, 0.1) is 5.92 Å². The molecule has 21 heavy (non-hydrogen) atoms. The summed E-state index contributed by atoms with van der Waals surface area (Å²) in [6.45, 7) is 0. The van der Waals surface area contributed by atoms with E-state index in [1.165, 1.54) is 0 Å². The molecule has 0 radical (unpaired) electrons. The van der Waals surface area contributed by atoms with Crippen molar-refractivity contribution < 1.29 is 23.2 Å². The van der Waals surface area contributed by atoms with Crippen LogP contribution < -0.4 is 4.72 Å². The van der Waals surface area contributed by atoms with Crippen molar-refractivity contribution in [1.29, 1.82) is 0 Å². The summed E-state index contributed by atoms with van der Waals surface area (Å²) < 4.78 is 26.6. The summed E-state index contributed by atoms with van der Waals surface area (Å²) in [6, 6.07) is 1.65. The van der Waals surface area contributed by atoms with E-state index in [4.69, 9.17) is 5.11 Å². The molecule has 9 nitrogen and oxygen atoms in total. The molecule has 1 fully saturated rings. The highest BCUT2D eigenvalue weighted by Gasteiger charge is 2.32. The molecular weight excluding hydrogens is 302 g/mol. The first-order valence-corrected chi connectivity index (χ1v) is 7.63. The Kier molecular flexibility index (Phi) is 4.19. The Bertz CT molecular complexity index is 657. The molecule has 1 aromatic heterocycles. The van der Waals surface area contributed by atoms with E-state index >= 15 is 0 Å². The van der Waals surface area contributed by atoms with Crippen LogP contribution in [0.5, 0.6) is 0 Å². The number of sulfonamides is 1. The Hall–Kier alpha value is -2.07. The van der Waals surface area contributed by atoms with Crippen LogP contribution >= 0.6 is 0 Å². The van der Waals surface area contributed by atoms with Crippen molar-refractivity contribution >= 4 is 21.8 Å². The number of hydrogen-bond acceptors (Lipinski definition) is 6. The van der Waals surface area contributed by atoms with Gasteiger partial charge in [0, 0.05) is 12.1 Å². The maximum absolute atomic E-state index is 12.1. The number of nitrogens with one attached hydrogen (secondary N) is 1. The van der Waals surface area contributed by atoms with Gasteiger partial charge in [-0.2, -0.15) is 0 Å². The van der Waals surface area contributed by atoms with Gasteiger partial charge in [0.25, 0.3) is 0 Å². The van der Waals surface area contributed by atoms with Crippen molar-refractivity contribution in [1.82, 2.24) is 9.71 Å². The van der Waals surface area contributed by atoms with Gasteiger partial charge in [0.2, 0.25) is 10.0 Å². The molecule has 1 heterocycles. The molecule has 114 valence electrons. The minimum Gasteiger partial charge on any atom is -0.481 e. The highest BCUT2D eigenvalue weighted by atomic mass is 32.2. The van der Waals surface area contributed by atoms with Crippen molar-refractivity contribution in [2.45, 2.75) is 30.2 Å². The highest BCUT2D eigenvalue weighted by molar-refractivity contribution is 7.89. The van der Waals surface area contributed by atoms with Gasteiger partial charge in [-0.05, 0) is 35.2 Å². The van der Waals surface area contributed by atoms with Gasteiger partial charge < -0.3 is 15.2 Å². The number of pyridine rings is 1. The topological polar surface area (TPSA) is 140 Å². The largest absolute Gasteiger partial charge is 0.481 e. The molecule has 10 heteroatoms. The quantitative estimate of drug-likeness (QED) is 0.596. The highest BCUT2D eigenvalue weighted by Crippen LogP contribution is 2.27. The van der Waals surface area contributed by atoms with Crippen LogP contribution in [-0.2, 0) is 14.8 Å². The lowest BCUT2D eigenvalue weighted by Gasteiger charge is -2.12. The number of aromatic nitrogens is 1. The first-order valence-electron chi connectivity index (χ1n) is 6.15. The third-order valence-electron chi connectivity index (χ3n) is 3.32. The first kappa shape index (κ1) is 15.3. The number of nitrogens with zero attached hydrogens (tertiary/aromatic N) is 2. The minimum atomic E-state index is -3.86.